The maximum absolute atomic E-state index is 11.0. The second-order valence-electron chi connectivity index (χ2n) is 6.13. The Balaban J connectivity index is 1.67. The smallest absolute Gasteiger partial charge is 0.119 e. The van der Waals surface area contributed by atoms with Crippen molar-refractivity contribution in [2.45, 2.75) is 11.3 Å². The lowest BCUT2D eigenvalue weighted by Gasteiger charge is -2.21. The third kappa shape index (κ3) is 4.48. The number of nitrogens with zero attached hydrogens (tertiary/aromatic N) is 2. The Kier molecular flexibility index (Phi) is 5.61. The average Bonchev–Trinajstić information content (AvgIpc) is 3.14. The number of anilines is 1. The summed E-state index contributed by atoms with van der Waals surface area (Å²) in [7, 11) is -4.25. The highest BCUT2D eigenvalue weighted by atomic mass is 35.5. The van der Waals surface area contributed by atoms with E-state index in [2.05, 4.69) is 4.98 Å². The number of aromatic nitrogens is 1. The van der Waals surface area contributed by atoms with Gasteiger partial charge >= 0.3 is 0 Å². The van der Waals surface area contributed by atoms with Crippen LogP contribution in [0.5, 0.6) is 0 Å². The summed E-state index contributed by atoms with van der Waals surface area (Å²) in [6, 6.07) is 11.2. The molecule has 2 aromatic carbocycles. The van der Waals surface area contributed by atoms with Gasteiger partial charge in [-0.05, 0) is 42.8 Å². The molecule has 0 spiro atoms. The Morgan fingerprint density at radius 3 is 2.68 bits per heavy atom. The van der Waals surface area contributed by atoms with Crippen molar-refractivity contribution >= 4 is 78.4 Å². The molecule has 0 saturated carbocycles. The molecule has 2 heterocycles. The van der Waals surface area contributed by atoms with Crippen molar-refractivity contribution in [1.82, 2.24) is 4.98 Å². The number of hydrogen-bond acceptors (Lipinski definition) is 7. The van der Waals surface area contributed by atoms with Crippen molar-refractivity contribution < 1.29 is 13.0 Å². The Morgan fingerprint density at radius 2 is 1.89 bits per heavy atom. The first-order chi connectivity index (χ1) is 13.3. The molecule has 0 unspecified atom stereocenters. The molecule has 0 N–H and O–H groups in total. The van der Waals surface area contributed by atoms with Gasteiger partial charge in [0, 0.05) is 33.3 Å². The van der Waals surface area contributed by atoms with E-state index < -0.39 is 15.9 Å². The monoisotopic (exact) mass is 471 g/mol. The third-order valence-corrected chi connectivity index (χ3v) is 7.44. The van der Waals surface area contributed by atoms with Crippen molar-refractivity contribution in [3.05, 3.63) is 56.5 Å². The molecule has 28 heavy (non-hydrogen) atoms. The molecular weight excluding hydrogens is 459 g/mol. The summed E-state index contributed by atoms with van der Waals surface area (Å²) in [6.45, 7) is 0.393. The lowest BCUT2D eigenvalue weighted by Crippen LogP contribution is -2.21. The molecule has 1 aromatic heterocycles. The largest absolute Gasteiger partial charge is 0.748 e. The molecule has 0 saturated heterocycles. The van der Waals surface area contributed by atoms with Gasteiger partial charge in [-0.25, -0.2) is 13.4 Å². The van der Waals surface area contributed by atoms with Crippen LogP contribution in [0, 0.1) is 0 Å². The quantitative estimate of drug-likeness (QED) is 0.460. The molecule has 1 aliphatic heterocycles. The summed E-state index contributed by atoms with van der Waals surface area (Å²) < 4.78 is 33.9. The van der Waals surface area contributed by atoms with E-state index >= 15 is 0 Å². The van der Waals surface area contributed by atoms with Gasteiger partial charge in [-0.2, -0.15) is 0 Å². The average molecular weight is 472 g/mol. The first-order valence-electron chi connectivity index (χ1n) is 8.25. The topological polar surface area (TPSA) is 73.3 Å². The minimum absolute atomic E-state index is 0.227. The van der Waals surface area contributed by atoms with Crippen LogP contribution in [0.1, 0.15) is 11.4 Å². The molecule has 0 amide bonds. The van der Waals surface area contributed by atoms with Crippen LogP contribution in [-0.4, -0.2) is 30.3 Å². The van der Waals surface area contributed by atoms with Crippen LogP contribution in [0.3, 0.4) is 0 Å². The van der Waals surface area contributed by atoms with Gasteiger partial charge in [0.2, 0.25) is 0 Å². The van der Waals surface area contributed by atoms with Gasteiger partial charge in [0.05, 0.1) is 31.1 Å². The molecule has 1 aliphatic rings. The van der Waals surface area contributed by atoms with Gasteiger partial charge < -0.3 is 9.45 Å². The van der Waals surface area contributed by atoms with Gasteiger partial charge in [0.25, 0.3) is 0 Å². The zero-order chi connectivity index (χ0) is 19.9. The summed E-state index contributed by atoms with van der Waals surface area (Å²) >= 11 is 15.3. The van der Waals surface area contributed by atoms with Crippen molar-refractivity contribution in [2.75, 3.05) is 17.2 Å². The lowest BCUT2D eigenvalue weighted by molar-refractivity contribution is 0.461. The van der Waals surface area contributed by atoms with Crippen LogP contribution >= 0.6 is 46.3 Å². The molecule has 10 heteroatoms. The molecule has 0 bridgehead atoms. The van der Waals surface area contributed by atoms with Crippen LogP contribution in [0.4, 0.5) is 5.69 Å². The zero-order valence-electron chi connectivity index (χ0n) is 14.3. The zero-order valence-corrected chi connectivity index (χ0v) is 18.2. The van der Waals surface area contributed by atoms with Crippen molar-refractivity contribution in [2.24, 2.45) is 0 Å². The molecule has 0 aliphatic carbocycles. The first kappa shape index (κ1) is 20.0. The number of benzene rings is 2. The van der Waals surface area contributed by atoms with E-state index in [1.54, 1.807) is 23.1 Å². The normalized spacial score (nSPS) is 15.5. The van der Waals surface area contributed by atoms with Crippen LogP contribution in [0.15, 0.2) is 46.3 Å². The minimum Gasteiger partial charge on any atom is -0.748 e. The highest BCUT2D eigenvalue weighted by molar-refractivity contribution is 8.03. The summed E-state index contributed by atoms with van der Waals surface area (Å²) in [5.41, 5.74) is 1.73. The van der Waals surface area contributed by atoms with Crippen LogP contribution < -0.4 is 4.90 Å². The fourth-order valence-corrected chi connectivity index (χ4v) is 5.78. The van der Waals surface area contributed by atoms with Crippen molar-refractivity contribution in [1.29, 1.82) is 0 Å². The summed E-state index contributed by atoms with van der Waals surface area (Å²) in [5.74, 6) is -0.406. The summed E-state index contributed by atoms with van der Waals surface area (Å²) in [6.07, 6.45) is 2.19. The van der Waals surface area contributed by atoms with Gasteiger partial charge in [0.1, 0.15) is 5.01 Å². The van der Waals surface area contributed by atoms with Crippen molar-refractivity contribution in [3.8, 4) is 0 Å². The van der Waals surface area contributed by atoms with Gasteiger partial charge in [-0.3, -0.25) is 0 Å². The molecule has 5 nitrogen and oxygen atoms in total. The maximum Gasteiger partial charge on any atom is 0.119 e. The first-order valence-corrected chi connectivity index (χ1v) is 12.2. The fraction of sp³-hybridized carbons (Fsp3) is 0.167. The van der Waals surface area contributed by atoms with Gasteiger partial charge in [0.15, 0.2) is 0 Å². The molecule has 0 radical (unpaired) electrons. The maximum atomic E-state index is 11.0. The summed E-state index contributed by atoms with van der Waals surface area (Å²) in [4.78, 5) is 7.62. The Morgan fingerprint density at radius 1 is 1.14 bits per heavy atom. The SMILES string of the molecule is O=S(=O)([O-])CCCN1C(=Cc2nc3cc(Cl)ccc3s2)Sc2ccc(Cl)cc21. The number of rotatable bonds is 5. The van der Waals surface area contributed by atoms with E-state index in [0.717, 1.165) is 30.8 Å². The van der Waals surface area contributed by atoms with Crippen LogP contribution in [-0.2, 0) is 10.1 Å². The molecule has 0 atom stereocenters. The van der Waals surface area contributed by atoms with E-state index in [9.17, 15) is 13.0 Å². The molecule has 4 rings (SSSR count). The second-order valence-corrected chi connectivity index (χ2v) is 10.6. The highest BCUT2D eigenvalue weighted by Crippen LogP contribution is 2.48. The highest BCUT2D eigenvalue weighted by Gasteiger charge is 2.25. The molecular formula is C18H13Cl2N2O3S3-. The van der Waals surface area contributed by atoms with E-state index in [1.165, 1.54) is 0 Å². The second kappa shape index (κ2) is 7.85. The standard InChI is InChI=1S/C18H14Cl2N2O3S3/c19-11-2-4-15-13(8-11)21-17(26-15)10-18-22(6-1-7-28(23,24)25)14-9-12(20)3-5-16(14)27-18/h2-5,8-10H,1,6-7H2,(H,23,24,25)/p-1. The van der Waals surface area contributed by atoms with Gasteiger partial charge in [-0.1, -0.05) is 35.0 Å². The lowest BCUT2D eigenvalue weighted by atomic mass is 10.3. The minimum atomic E-state index is -4.25. The number of thioether (sulfide) groups is 1. The summed E-state index contributed by atoms with van der Waals surface area (Å²) in [5, 5.41) is 2.96. The van der Waals surface area contributed by atoms with Gasteiger partial charge in [-0.15, -0.1) is 11.3 Å². The molecule has 0 fully saturated rings. The predicted molar refractivity (Wildman–Crippen MR) is 116 cm³/mol. The number of hydrogen-bond donors (Lipinski definition) is 0. The molecule has 3 aromatic rings. The third-order valence-electron chi connectivity index (χ3n) is 4.08. The fourth-order valence-electron chi connectivity index (χ4n) is 2.90. The van der Waals surface area contributed by atoms with Crippen molar-refractivity contribution in [3.63, 3.8) is 0 Å². The molecule has 146 valence electrons. The van der Waals surface area contributed by atoms with E-state index in [4.69, 9.17) is 23.2 Å². The predicted octanol–water partition coefficient (Wildman–Crippen LogP) is 5.45. The van der Waals surface area contributed by atoms with E-state index in [1.807, 2.05) is 47.4 Å². The number of fused-ring (bicyclic) bond motifs is 2. The Bertz CT molecular complexity index is 1190. The van der Waals surface area contributed by atoms with E-state index in [-0.39, 0.29) is 6.42 Å². The number of thiazole rings is 1. The van der Waals surface area contributed by atoms with Crippen LogP contribution in [0.25, 0.3) is 16.3 Å². The number of halogens is 2. The Hall–Kier alpha value is -1.29. The van der Waals surface area contributed by atoms with E-state index in [0.29, 0.717) is 16.6 Å². The van der Waals surface area contributed by atoms with Crippen LogP contribution in [0.2, 0.25) is 10.0 Å². The Labute approximate surface area is 180 Å².